The van der Waals surface area contributed by atoms with Crippen LogP contribution in [0.15, 0.2) is 48.7 Å². The molecule has 0 saturated heterocycles. The summed E-state index contributed by atoms with van der Waals surface area (Å²) in [6, 6.07) is 13.2. The Labute approximate surface area is 123 Å². The summed E-state index contributed by atoms with van der Waals surface area (Å²) in [5, 5.41) is 0. The van der Waals surface area contributed by atoms with Gasteiger partial charge in [-0.25, -0.2) is 4.98 Å². The van der Waals surface area contributed by atoms with Crippen molar-refractivity contribution in [3.63, 3.8) is 0 Å². The van der Waals surface area contributed by atoms with Crippen molar-refractivity contribution in [2.24, 2.45) is 0 Å². The summed E-state index contributed by atoms with van der Waals surface area (Å²) in [6.07, 6.45) is 1.89. The molecular formula is C16H15ClN2O. The number of pyridine rings is 1. The van der Waals surface area contributed by atoms with Gasteiger partial charge < -0.3 is 0 Å². The average Bonchev–Trinajstić information content (AvgIpc) is 2.77. The lowest BCUT2D eigenvalue weighted by Gasteiger charge is -2.03. The maximum atomic E-state index is 12.6. The second kappa shape index (κ2) is 5.47. The highest BCUT2D eigenvalue weighted by Gasteiger charge is 2.18. The fraction of sp³-hybridized carbons (Fsp3) is 0.125. The Hall–Kier alpha value is -2.13. The Morgan fingerprint density at radius 3 is 2.45 bits per heavy atom. The molecule has 102 valence electrons. The number of benzene rings is 1. The normalized spacial score (nSPS) is 10.3. The van der Waals surface area contributed by atoms with Crippen molar-refractivity contribution < 1.29 is 4.79 Å². The first-order valence-electron chi connectivity index (χ1n) is 6.22. The van der Waals surface area contributed by atoms with Crippen molar-refractivity contribution in [2.75, 3.05) is 0 Å². The van der Waals surface area contributed by atoms with Crippen LogP contribution in [0.25, 0.3) is 5.65 Å². The Morgan fingerprint density at radius 1 is 1.05 bits per heavy atom. The van der Waals surface area contributed by atoms with Crippen molar-refractivity contribution in [3.8, 4) is 0 Å². The highest BCUT2D eigenvalue weighted by molar-refractivity contribution is 6.09. The number of aromatic nitrogens is 2. The lowest BCUT2D eigenvalue weighted by molar-refractivity contribution is 0.103. The molecule has 0 unspecified atom stereocenters. The zero-order chi connectivity index (χ0) is 13.4. The first kappa shape index (κ1) is 14.3. The van der Waals surface area contributed by atoms with Crippen LogP contribution in [0.2, 0.25) is 0 Å². The topological polar surface area (TPSA) is 34.4 Å². The van der Waals surface area contributed by atoms with Crippen LogP contribution in [-0.2, 0) is 0 Å². The van der Waals surface area contributed by atoms with Crippen molar-refractivity contribution in [3.05, 3.63) is 71.2 Å². The van der Waals surface area contributed by atoms with Crippen LogP contribution in [0.1, 0.15) is 27.3 Å². The maximum absolute atomic E-state index is 12.6. The Balaban J connectivity index is 0.00000147. The third-order valence-corrected chi connectivity index (χ3v) is 3.27. The summed E-state index contributed by atoms with van der Waals surface area (Å²) in [4.78, 5) is 17.1. The highest BCUT2D eigenvalue weighted by atomic mass is 35.5. The summed E-state index contributed by atoms with van der Waals surface area (Å²) in [5.41, 5.74) is 4.01. The van der Waals surface area contributed by atoms with Gasteiger partial charge in [0.1, 0.15) is 11.3 Å². The molecule has 4 heteroatoms. The molecule has 0 aliphatic rings. The van der Waals surface area contributed by atoms with Gasteiger partial charge in [0.25, 0.3) is 0 Å². The van der Waals surface area contributed by atoms with Gasteiger partial charge in [-0.1, -0.05) is 36.4 Å². The summed E-state index contributed by atoms with van der Waals surface area (Å²) in [5.74, 6) is 0.0104. The standard InChI is InChI=1S/C16H14N2O.ClH/c1-11-7-6-10-18-14(12(2)17-16(11)18)15(19)13-8-4-3-5-9-13;/h3-10H,1-2H3;1H. The van der Waals surface area contributed by atoms with Gasteiger partial charge in [0, 0.05) is 11.8 Å². The summed E-state index contributed by atoms with van der Waals surface area (Å²) in [7, 11) is 0. The minimum Gasteiger partial charge on any atom is -0.296 e. The largest absolute Gasteiger partial charge is 0.296 e. The van der Waals surface area contributed by atoms with Crippen LogP contribution in [0, 0.1) is 13.8 Å². The van der Waals surface area contributed by atoms with Crippen LogP contribution in [-0.4, -0.2) is 15.2 Å². The minimum atomic E-state index is 0. The van der Waals surface area contributed by atoms with E-state index in [1.54, 1.807) is 0 Å². The van der Waals surface area contributed by atoms with E-state index in [0.717, 1.165) is 16.9 Å². The van der Waals surface area contributed by atoms with E-state index >= 15 is 0 Å². The van der Waals surface area contributed by atoms with Gasteiger partial charge in [-0.2, -0.15) is 0 Å². The first-order chi connectivity index (χ1) is 9.18. The zero-order valence-electron chi connectivity index (χ0n) is 11.3. The second-order valence-corrected chi connectivity index (χ2v) is 4.63. The summed E-state index contributed by atoms with van der Waals surface area (Å²) >= 11 is 0. The molecule has 20 heavy (non-hydrogen) atoms. The lowest BCUT2D eigenvalue weighted by Crippen LogP contribution is -2.06. The molecule has 0 radical (unpaired) electrons. The molecule has 3 aromatic rings. The molecule has 0 atom stereocenters. The minimum absolute atomic E-state index is 0. The molecule has 1 aromatic carbocycles. The number of ketones is 1. The highest BCUT2D eigenvalue weighted by Crippen LogP contribution is 2.18. The van der Waals surface area contributed by atoms with E-state index in [1.807, 2.05) is 66.9 Å². The lowest BCUT2D eigenvalue weighted by atomic mass is 10.1. The van der Waals surface area contributed by atoms with Gasteiger partial charge in [0.15, 0.2) is 0 Å². The van der Waals surface area contributed by atoms with Gasteiger partial charge in [-0.15, -0.1) is 12.4 Å². The van der Waals surface area contributed by atoms with Crippen LogP contribution in [0.5, 0.6) is 0 Å². The number of halogens is 1. The molecule has 0 aliphatic carbocycles. The second-order valence-electron chi connectivity index (χ2n) is 4.63. The number of hydrogen-bond donors (Lipinski definition) is 0. The van der Waals surface area contributed by atoms with E-state index in [4.69, 9.17) is 0 Å². The van der Waals surface area contributed by atoms with E-state index in [9.17, 15) is 4.79 Å². The third-order valence-electron chi connectivity index (χ3n) is 3.27. The number of rotatable bonds is 2. The summed E-state index contributed by atoms with van der Waals surface area (Å²) < 4.78 is 1.88. The van der Waals surface area contributed by atoms with E-state index in [2.05, 4.69) is 4.98 Å². The third kappa shape index (κ3) is 2.21. The average molecular weight is 287 g/mol. The van der Waals surface area contributed by atoms with E-state index in [0.29, 0.717) is 11.3 Å². The maximum Gasteiger partial charge on any atom is 0.211 e. The van der Waals surface area contributed by atoms with Gasteiger partial charge in [0.2, 0.25) is 5.78 Å². The molecule has 0 saturated carbocycles. The van der Waals surface area contributed by atoms with Gasteiger partial charge in [-0.05, 0) is 25.5 Å². The van der Waals surface area contributed by atoms with Gasteiger partial charge in [0.05, 0.1) is 5.69 Å². The van der Waals surface area contributed by atoms with Crippen molar-refractivity contribution in [1.29, 1.82) is 0 Å². The Morgan fingerprint density at radius 2 is 1.75 bits per heavy atom. The quantitative estimate of drug-likeness (QED) is 0.675. The van der Waals surface area contributed by atoms with Crippen LogP contribution in [0.4, 0.5) is 0 Å². The zero-order valence-corrected chi connectivity index (χ0v) is 12.1. The SMILES string of the molecule is Cc1nc2c(C)cccn2c1C(=O)c1ccccc1.Cl. The van der Waals surface area contributed by atoms with Crippen molar-refractivity contribution in [1.82, 2.24) is 9.38 Å². The van der Waals surface area contributed by atoms with Gasteiger partial charge in [-0.3, -0.25) is 9.20 Å². The number of fused-ring (bicyclic) bond motifs is 1. The molecule has 3 rings (SSSR count). The summed E-state index contributed by atoms with van der Waals surface area (Å²) in [6.45, 7) is 3.88. The molecule has 0 N–H and O–H groups in total. The smallest absolute Gasteiger partial charge is 0.211 e. The number of carbonyl (C=O) groups is 1. The number of imidazole rings is 1. The number of aryl methyl sites for hydroxylation is 2. The fourth-order valence-corrected chi connectivity index (χ4v) is 2.32. The predicted molar refractivity (Wildman–Crippen MR) is 81.8 cm³/mol. The Kier molecular flexibility index (Phi) is 3.91. The van der Waals surface area contributed by atoms with Gasteiger partial charge >= 0.3 is 0 Å². The van der Waals surface area contributed by atoms with Crippen LogP contribution in [0.3, 0.4) is 0 Å². The molecule has 3 nitrogen and oxygen atoms in total. The fourth-order valence-electron chi connectivity index (χ4n) is 2.32. The number of nitrogens with zero attached hydrogens (tertiary/aromatic N) is 2. The van der Waals surface area contributed by atoms with Crippen molar-refractivity contribution >= 4 is 23.8 Å². The van der Waals surface area contributed by atoms with Crippen molar-refractivity contribution in [2.45, 2.75) is 13.8 Å². The molecule has 0 fully saturated rings. The molecular weight excluding hydrogens is 272 g/mol. The molecule has 2 aromatic heterocycles. The molecule has 0 amide bonds. The predicted octanol–water partition coefficient (Wildman–Crippen LogP) is 3.60. The van der Waals surface area contributed by atoms with Crippen LogP contribution >= 0.6 is 12.4 Å². The molecule has 0 bridgehead atoms. The monoisotopic (exact) mass is 286 g/mol. The number of hydrogen-bond acceptors (Lipinski definition) is 2. The number of carbonyl (C=O) groups excluding carboxylic acids is 1. The first-order valence-corrected chi connectivity index (χ1v) is 6.22. The molecule has 0 aliphatic heterocycles. The van der Waals surface area contributed by atoms with E-state index < -0.39 is 0 Å². The van der Waals surface area contributed by atoms with E-state index in [-0.39, 0.29) is 18.2 Å². The van der Waals surface area contributed by atoms with Crippen LogP contribution < -0.4 is 0 Å². The molecule has 0 spiro atoms. The Bertz CT molecular complexity index is 763. The molecule has 2 heterocycles. The van der Waals surface area contributed by atoms with E-state index in [1.165, 1.54) is 0 Å².